The van der Waals surface area contributed by atoms with Crippen molar-refractivity contribution in [3.8, 4) is 0 Å². The molecule has 0 atom stereocenters. The first-order valence-electron chi connectivity index (χ1n) is 7.21. The highest BCUT2D eigenvalue weighted by Crippen LogP contribution is 2.10. The minimum absolute atomic E-state index is 0.967. The fraction of sp³-hybridized carbons (Fsp3) is 0.600. The fourth-order valence-corrected chi connectivity index (χ4v) is 2.47. The van der Waals surface area contributed by atoms with Gasteiger partial charge in [-0.05, 0) is 19.0 Å². The van der Waals surface area contributed by atoms with Gasteiger partial charge < -0.3 is 19.6 Å². The van der Waals surface area contributed by atoms with Crippen LogP contribution in [0.15, 0.2) is 37.6 Å². The van der Waals surface area contributed by atoms with Gasteiger partial charge in [0.25, 0.3) is 0 Å². The number of nitrogens with zero attached hydrogens (tertiary/aromatic N) is 4. The third-order valence-electron chi connectivity index (χ3n) is 3.63. The smallest absolute Gasteiger partial charge is 0.0935 e. The summed E-state index contributed by atoms with van der Waals surface area (Å²) in [4.78, 5) is 9.05. The van der Waals surface area contributed by atoms with E-state index in [0.29, 0.717) is 0 Å². The molecular formula is C15H26N4. The number of hydrogen-bond acceptors (Lipinski definition) is 4. The predicted molar refractivity (Wildman–Crippen MR) is 79.7 cm³/mol. The quantitative estimate of drug-likeness (QED) is 0.623. The van der Waals surface area contributed by atoms with Gasteiger partial charge in [0.05, 0.1) is 13.3 Å². The van der Waals surface area contributed by atoms with Crippen molar-refractivity contribution in [2.24, 2.45) is 0 Å². The van der Waals surface area contributed by atoms with Gasteiger partial charge in [0, 0.05) is 44.9 Å². The van der Waals surface area contributed by atoms with Gasteiger partial charge >= 0.3 is 0 Å². The lowest BCUT2D eigenvalue weighted by molar-refractivity contribution is 0.286. The van der Waals surface area contributed by atoms with Gasteiger partial charge in [-0.2, -0.15) is 0 Å². The number of unbranched alkanes of at least 4 members (excludes halogenated alkanes) is 3. The first-order chi connectivity index (χ1) is 9.28. The molecule has 0 amide bonds. The molecule has 0 unspecified atom stereocenters. The average Bonchev–Trinajstić information content (AvgIpc) is 3.02. The van der Waals surface area contributed by atoms with E-state index in [4.69, 9.17) is 0 Å². The molecule has 2 rings (SSSR count). The van der Waals surface area contributed by atoms with E-state index in [9.17, 15) is 0 Å². The highest BCUT2D eigenvalue weighted by atomic mass is 15.3. The minimum atomic E-state index is 0.967. The molecule has 2 aliphatic heterocycles. The summed E-state index contributed by atoms with van der Waals surface area (Å²) >= 11 is 0. The molecule has 0 radical (unpaired) electrons. The molecular weight excluding hydrogens is 236 g/mol. The lowest BCUT2D eigenvalue weighted by Gasteiger charge is -2.19. The highest BCUT2D eigenvalue weighted by molar-refractivity contribution is 4.94. The molecule has 4 nitrogen and oxygen atoms in total. The van der Waals surface area contributed by atoms with Gasteiger partial charge in [-0.1, -0.05) is 19.4 Å². The van der Waals surface area contributed by atoms with E-state index in [1.165, 1.54) is 32.2 Å². The molecule has 2 aliphatic rings. The van der Waals surface area contributed by atoms with Crippen LogP contribution in [-0.4, -0.2) is 53.1 Å². The normalized spacial score (nSPS) is 17.9. The molecule has 106 valence electrons. The molecule has 0 aromatic heterocycles. The maximum Gasteiger partial charge on any atom is 0.0935 e. The number of rotatable bonds is 8. The molecule has 19 heavy (non-hydrogen) atoms. The third kappa shape index (κ3) is 4.54. The van der Waals surface area contributed by atoms with Gasteiger partial charge in [0.1, 0.15) is 0 Å². The standard InChI is InChI=1S/C15H26N4/c1-3-17-12-13-19(15-17)9-7-5-4-6-8-18-11-10-16(2)14-18/h3,10-13H,1,4-9,14-15H2,2H3. The molecule has 0 saturated heterocycles. The van der Waals surface area contributed by atoms with E-state index >= 15 is 0 Å². The van der Waals surface area contributed by atoms with Crippen molar-refractivity contribution in [3.63, 3.8) is 0 Å². The highest BCUT2D eigenvalue weighted by Gasteiger charge is 2.09. The Bertz CT molecular complexity index is 337. The second-order valence-electron chi connectivity index (χ2n) is 5.37. The zero-order valence-corrected chi connectivity index (χ0v) is 12.0. The van der Waals surface area contributed by atoms with Crippen molar-refractivity contribution in [2.45, 2.75) is 25.7 Å². The first-order valence-corrected chi connectivity index (χ1v) is 7.21. The fourth-order valence-electron chi connectivity index (χ4n) is 2.47. The Morgan fingerprint density at radius 2 is 1.53 bits per heavy atom. The van der Waals surface area contributed by atoms with Gasteiger partial charge in [-0.25, -0.2) is 0 Å². The van der Waals surface area contributed by atoms with Crippen molar-refractivity contribution < 1.29 is 0 Å². The molecule has 2 heterocycles. The Labute approximate surface area is 117 Å². The van der Waals surface area contributed by atoms with E-state index in [2.05, 4.69) is 58.0 Å². The minimum Gasteiger partial charge on any atom is -0.362 e. The largest absolute Gasteiger partial charge is 0.362 e. The van der Waals surface area contributed by atoms with Crippen LogP contribution in [-0.2, 0) is 0 Å². The zero-order chi connectivity index (χ0) is 13.5. The van der Waals surface area contributed by atoms with Crippen molar-refractivity contribution >= 4 is 0 Å². The Balaban J connectivity index is 1.44. The van der Waals surface area contributed by atoms with Crippen LogP contribution in [0.4, 0.5) is 0 Å². The zero-order valence-electron chi connectivity index (χ0n) is 12.0. The van der Waals surface area contributed by atoms with Gasteiger partial charge in [0.15, 0.2) is 0 Å². The molecule has 4 heteroatoms. The lowest BCUT2D eigenvalue weighted by atomic mass is 10.2. The van der Waals surface area contributed by atoms with Crippen LogP contribution in [0.1, 0.15) is 25.7 Å². The van der Waals surface area contributed by atoms with E-state index in [0.717, 1.165) is 19.9 Å². The van der Waals surface area contributed by atoms with E-state index in [1.807, 2.05) is 6.20 Å². The number of hydrogen-bond donors (Lipinski definition) is 0. The van der Waals surface area contributed by atoms with E-state index in [-0.39, 0.29) is 0 Å². The molecule has 0 fully saturated rings. The summed E-state index contributed by atoms with van der Waals surface area (Å²) in [5, 5.41) is 0. The maximum absolute atomic E-state index is 3.78. The van der Waals surface area contributed by atoms with Gasteiger partial charge in [-0.15, -0.1) is 0 Å². The SMILES string of the molecule is C=CN1C=CN(CCCCCCN2C=CN(C)C2)C1. The van der Waals surface area contributed by atoms with Crippen LogP contribution in [0.2, 0.25) is 0 Å². The summed E-state index contributed by atoms with van der Waals surface area (Å²) in [5.41, 5.74) is 0. The Hall–Kier alpha value is -1.58. The van der Waals surface area contributed by atoms with Crippen molar-refractivity contribution in [3.05, 3.63) is 37.6 Å². The lowest BCUT2D eigenvalue weighted by Crippen LogP contribution is -2.23. The van der Waals surface area contributed by atoms with Crippen LogP contribution in [0, 0.1) is 0 Å². The molecule has 0 aliphatic carbocycles. The summed E-state index contributed by atoms with van der Waals surface area (Å²) in [6.07, 6.45) is 15.7. The summed E-state index contributed by atoms with van der Waals surface area (Å²) in [5.74, 6) is 0. The third-order valence-corrected chi connectivity index (χ3v) is 3.63. The van der Waals surface area contributed by atoms with Crippen LogP contribution in [0.25, 0.3) is 0 Å². The Morgan fingerprint density at radius 1 is 0.895 bits per heavy atom. The second-order valence-corrected chi connectivity index (χ2v) is 5.37. The van der Waals surface area contributed by atoms with Gasteiger partial charge in [-0.3, -0.25) is 0 Å². The predicted octanol–water partition coefficient (Wildman–Crippen LogP) is 2.41. The topological polar surface area (TPSA) is 13.0 Å². The van der Waals surface area contributed by atoms with Crippen LogP contribution in [0.3, 0.4) is 0 Å². The van der Waals surface area contributed by atoms with E-state index in [1.54, 1.807) is 0 Å². The van der Waals surface area contributed by atoms with Crippen LogP contribution in [0.5, 0.6) is 0 Å². The molecule has 0 saturated carbocycles. The monoisotopic (exact) mass is 262 g/mol. The molecule has 0 bridgehead atoms. The second kappa shape index (κ2) is 7.12. The molecule has 0 aromatic carbocycles. The maximum atomic E-state index is 3.78. The molecule has 0 spiro atoms. The van der Waals surface area contributed by atoms with Crippen LogP contribution >= 0.6 is 0 Å². The van der Waals surface area contributed by atoms with Crippen LogP contribution < -0.4 is 0 Å². The summed E-state index contributed by atoms with van der Waals surface area (Å²) in [6.45, 7) is 8.14. The Kier molecular flexibility index (Phi) is 5.19. The summed E-state index contributed by atoms with van der Waals surface area (Å²) < 4.78 is 0. The van der Waals surface area contributed by atoms with Crippen molar-refractivity contribution in [2.75, 3.05) is 33.5 Å². The van der Waals surface area contributed by atoms with Gasteiger partial charge in [0.2, 0.25) is 0 Å². The van der Waals surface area contributed by atoms with Crippen molar-refractivity contribution in [1.82, 2.24) is 19.6 Å². The Morgan fingerprint density at radius 3 is 2.05 bits per heavy atom. The van der Waals surface area contributed by atoms with E-state index < -0.39 is 0 Å². The average molecular weight is 262 g/mol. The molecule has 0 aromatic rings. The summed E-state index contributed by atoms with van der Waals surface area (Å²) in [6, 6.07) is 0. The first kappa shape index (κ1) is 13.8. The molecule has 0 N–H and O–H groups in total. The summed E-state index contributed by atoms with van der Waals surface area (Å²) in [7, 11) is 2.12. The van der Waals surface area contributed by atoms with Crippen molar-refractivity contribution in [1.29, 1.82) is 0 Å².